The van der Waals surface area contributed by atoms with Crippen LogP contribution in [0.1, 0.15) is 18.5 Å². The lowest BCUT2D eigenvalue weighted by Gasteiger charge is -2.07. The molecule has 0 spiro atoms. The highest BCUT2D eigenvalue weighted by Crippen LogP contribution is 2.19. The summed E-state index contributed by atoms with van der Waals surface area (Å²) in [4.78, 5) is 11.2. The molecule has 1 heterocycles. The van der Waals surface area contributed by atoms with Gasteiger partial charge in [0.2, 0.25) is 5.91 Å². The van der Waals surface area contributed by atoms with E-state index in [1.807, 2.05) is 0 Å². The highest BCUT2D eigenvalue weighted by atomic mass is 16.1. The maximum atomic E-state index is 11.2. The van der Waals surface area contributed by atoms with Crippen molar-refractivity contribution in [2.24, 2.45) is 0 Å². The summed E-state index contributed by atoms with van der Waals surface area (Å²) in [7, 11) is 1.68. The van der Waals surface area contributed by atoms with E-state index >= 15 is 0 Å². The highest BCUT2D eigenvalue weighted by molar-refractivity contribution is 5.81. The van der Waals surface area contributed by atoms with E-state index in [-0.39, 0.29) is 5.91 Å². The smallest absolute Gasteiger partial charge is 0.219 e. The highest BCUT2D eigenvalue weighted by Gasteiger charge is 2.05. The topological polar surface area (TPSA) is 34.0 Å². The third-order valence-electron chi connectivity index (χ3n) is 3.08. The number of hydrogen-bond acceptors (Lipinski definition) is 1. The molecule has 0 aliphatic carbocycles. The van der Waals surface area contributed by atoms with Crippen LogP contribution in [-0.2, 0) is 11.3 Å². The van der Waals surface area contributed by atoms with Gasteiger partial charge in [0.25, 0.3) is 0 Å². The maximum absolute atomic E-state index is 11.2. The van der Waals surface area contributed by atoms with Gasteiger partial charge in [0.05, 0.1) is 0 Å². The summed E-state index contributed by atoms with van der Waals surface area (Å²) in [6.45, 7) is 3.01. The monoisotopic (exact) mass is 230 g/mol. The molecule has 2 aromatic rings. The molecule has 17 heavy (non-hydrogen) atoms. The molecular weight excluding hydrogens is 212 g/mol. The summed E-state index contributed by atoms with van der Waals surface area (Å²) < 4.78 is 2.28. The number of aromatic nitrogens is 1. The minimum Gasteiger partial charge on any atom is -0.359 e. The normalized spacial score (nSPS) is 10.7. The van der Waals surface area contributed by atoms with Crippen LogP contribution in [0.25, 0.3) is 10.9 Å². The molecule has 0 aliphatic heterocycles. The lowest BCUT2D eigenvalue weighted by molar-refractivity contribution is -0.120. The van der Waals surface area contributed by atoms with Crippen molar-refractivity contribution in [3.63, 3.8) is 0 Å². The number of benzene rings is 1. The standard InChI is InChI=1S/C14H18N2O/c1-11-10-12-6-3-4-7-13(12)16(11)9-5-8-14(17)15-2/h3-4,6-7,10H,5,8-9H2,1-2H3,(H,15,17). The largest absolute Gasteiger partial charge is 0.359 e. The first-order valence-corrected chi connectivity index (χ1v) is 5.98. The van der Waals surface area contributed by atoms with Crippen LogP contribution < -0.4 is 5.32 Å². The van der Waals surface area contributed by atoms with Crippen molar-refractivity contribution >= 4 is 16.8 Å². The summed E-state index contributed by atoms with van der Waals surface area (Å²) in [6.07, 6.45) is 1.46. The number of para-hydroxylation sites is 1. The average Bonchev–Trinajstić information content (AvgIpc) is 2.66. The molecule has 0 bridgehead atoms. The van der Waals surface area contributed by atoms with Crippen molar-refractivity contribution in [3.05, 3.63) is 36.0 Å². The molecule has 0 unspecified atom stereocenters. The van der Waals surface area contributed by atoms with Crippen LogP contribution >= 0.6 is 0 Å². The van der Waals surface area contributed by atoms with Crippen LogP contribution in [0.4, 0.5) is 0 Å². The van der Waals surface area contributed by atoms with Crippen molar-refractivity contribution in [3.8, 4) is 0 Å². The number of rotatable bonds is 4. The fourth-order valence-corrected chi connectivity index (χ4v) is 2.17. The molecule has 0 saturated carbocycles. The second-order valence-electron chi connectivity index (χ2n) is 4.27. The number of nitrogens with one attached hydrogen (secondary N) is 1. The SMILES string of the molecule is CNC(=O)CCCn1c(C)cc2ccccc21. The summed E-state index contributed by atoms with van der Waals surface area (Å²) in [5.74, 6) is 0.110. The Kier molecular flexibility index (Phi) is 3.47. The summed E-state index contributed by atoms with van der Waals surface area (Å²) >= 11 is 0. The summed E-state index contributed by atoms with van der Waals surface area (Å²) in [5, 5.41) is 3.92. The van der Waals surface area contributed by atoms with Gasteiger partial charge >= 0.3 is 0 Å². The molecule has 0 atom stereocenters. The number of carbonyl (C=O) groups excluding carboxylic acids is 1. The zero-order chi connectivity index (χ0) is 12.3. The maximum Gasteiger partial charge on any atom is 0.219 e. The predicted molar refractivity (Wildman–Crippen MR) is 70.0 cm³/mol. The minimum atomic E-state index is 0.110. The Balaban J connectivity index is 2.12. The van der Waals surface area contributed by atoms with Crippen molar-refractivity contribution in [1.29, 1.82) is 0 Å². The average molecular weight is 230 g/mol. The van der Waals surface area contributed by atoms with Gasteiger partial charge in [-0.15, -0.1) is 0 Å². The number of amides is 1. The third kappa shape index (κ3) is 2.49. The van der Waals surface area contributed by atoms with E-state index in [2.05, 4.69) is 47.1 Å². The van der Waals surface area contributed by atoms with Crippen LogP contribution in [-0.4, -0.2) is 17.5 Å². The second kappa shape index (κ2) is 5.04. The van der Waals surface area contributed by atoms with E-state index in [1.54, 1.807) is 7.05 Å². The van der Waals surface area contributed by atoms with Gasteiger partial charge in [-0.2, -0.15) is 0 Å². The molecule has 1 aromatic carbocycles. The van der Waals surface area contributed by atoms with E-state index in [4.69, 9.17) is 0 Å². The van der Waals surface area contributed by atoms with Crippen LogP contribution in [0.5, 0.6) is 0 Å². The Morgan fingerprint density at radius 2 is 2.12 bits per heavy atom. The van der Waals surface area contributed by atoms with Crippen LogP contribution in [0.3, 0.4) is 0 Å². The van der Waals surface area contributed by atoms with Crippen LogP contribution in [0.15, 0.2) is 30.3 Å². The number of aryl methyl sites for hydroxylation is 2. The van der Waals surface area contributed by atoms with E-state index in [9.17, 15) is 4.79 Å². The van der Waals surface area contributed by atoms with Gasteiger partial charge < -0.3 is 9.88 Å². The van der Waals surface area contributed by atoms with Gasteiger partial charge in [-0.05, 0) is 30.9 Å². The van der Waals surface area contributed by atoms with Crippen molar-refractivity contribution < 1.29 is 4.79 Å². The van der Waals surface area contributed by atoms with Crippen molar-refractivity contribution in [1.82, 2.24) is 9.88 Å². The number of nitrogens with zero attached hydrogens (tertiary/aromatic N) is 1. The summed E-state index contributed by atoms with van der Waals surface area (Å²) in [6, 6.07) is 10.5. The second-order valence-corrected chi connectivity index (χ2v) is 4.27. The number of carbonyl (C=O) groups is 1. The predicted octanol–water partition coefficient (Wildman–Crippen LogP) is 2.48. The molecule has 3 heteroatoms. The van der Waals surface area contributed by atoms with Crippen LogP contribution in [0, 0.1) is 6.92 Å². The van der Waals surface area contributed by atoms with Crippen molar-refractivity contribution in [2.45, 2.75) is 26.3 Å². The van der Waals surface area contributed by atoms with Crippen molar-refractivity contribution in [2.75, 3.05) is 7.05 Å². The quantitative estimate of drug-likeness (QED) is 0.860. The molecule has 0 aliphatic rings. The third-order valence-corrected chi connectivity index (χ3v) is 3.08. The van der Waals surface area contributed by atoms with E-state index < -0.39 is 0 Å². The number of hydrogen-bond donors (Lipinski definition) is 1. The molecule has 1 N–H and O–H groups in total. The minimum absolute atomic E-state index is 0.110. The molecular formula is C14H18N2O. The molecule has 1 aromatic heterocycles. The van der Waals surface area contributed by atoms with E-state index in [0.29, 0.717) is 6.42 Å². The summed E-state index contributed by atoms with van der Waals surface area (Å²) in [5.41, 5.74) is 2.50. The van der Waals surface area contributed by atoms with Gasteiger partial charge in [-0.1, -0.05) is 18.2 Å². The van der Waals surface area contributed by atoms with Gasteiger partial charge in [0, 0.05) is 31.2 Å². The molecule has 90 valence electrons. The Hall–Kier alpha value is -1.77. The molecule has 2 rings (SSSR count). The molecule has 0 saturated heterocycles. The van der Waals surface area contributed by atoms with Gasteiger partial charge in [-0.25, -0.2) is 0 Å². The fraction of sp³-hybridized carbons (Fsp3) is 0.357. The number of fused-ring (bicyclic) bond motifs is 1. The molecule has 0 radical (unpaired) electrons. The van der Waals surface area contributed by atoms with Crippen LogP contribution in [0.2, 0.25) is 0 Å². The first-order valence-electron chi connectivity index (χ1n) is 5.98. The Labute approximate surface area is 101 Å². The van der Waals surface area contributed by atoms with E-state index in [1.165, 1.54) is 16.6 Å². The zero-order valence-corrected chi connectivity index (χ0v) is 10.4. The molecule has 1 amide bonds. The fourth-order valence-electron chi connectivity index (χ4n) is 2.17. The lowest BCUT2D eigenvalue weighted by Crippen LogP contribution is -2.17. The Morgan fingerprint density at radius 1 is 1.35 bits per heavy atom. The van der Waals surface area contributed by atoms with Gasteiger partial charge in [-0.3, -0.25) is 4.79 Å². The van der Waals surface area contributed by atoms with Gasteiger partial charge in [0.15, 0.2) is 0 Å². The Bertz CT molecular complexity index is 528. The first kappa shape index (κ1) is 11.7. The van der Waals surface area contributed by atoms with E-state index in [0.717, 1.165) is 13.0 Å². The molecule has 0 fully saturated rings. The molecule has 3 nitrogen and oxygen atoms in total. The zero-order valence-electron chi connectivity index (χ0n) is 10.4. The first-order chi connectivity index (χ1) is 8.22. The Morgan fingerprint density at radius 3 is 2.88 bits per heavy atom. The van der Waals surface area contributed by atoms with Gasteiger partial charge in [0.1, 0.15) is 0 Å². The lowest BCUT2D eigenvalue weighted by atomic mass is 10.2.